The first kappa shape index (κ1) is 14.9. The monoisotopic (exact) mass is 279 g/mol. The van der Waals surface area contributed by atoms with Gasteiger partial charge < -0.3 is 14.9 Å². The maximum absolute atomic E-state index is 13.6. The molecule has 4 nitrogen and oxygen atoms in total. The molecule has 0 radical (unpaired) electrons. The first-order valence-electron chi connectivity index (χ1n) is 6.55. The van der Waals surface area contributed by atoms with E-state index in [1.807, 2.05) is 0 Å². The Morgan fingerprint density at radius 3 is 3.00 bits per heavy atom. The summed E-state index contributed by atoms with van der Waals surface area (Å²) in [6, 6.07) is 4.75. The summed E-state index contributed by atoms with van der Waals surface area (Å²) < 4.78 is 18.9. The van der Waals surface area contributed by atoms with Crippen molar-refractivity contribution in [2.45, 2.75) is 12.6 Å². The molecule has 1 aromatic carbocycles. The van der Waals surface area contributed by atoms with Crippen LogP contribution in [-0.4, -0.2) is 54.1 Å². The van der Waals surface area contributed by atoms with Crippen molar-refractivity contribution < 1.29 is 19.3 Å². The van der Waals surface area contributed by atoms with Gasteiger partial charge in [0.25, 0.3) is 0 Å². The average Bonchev–Trinajstić information content (AvgIpc) is 2.48. The highest BCUT2D eigenvalue weighted by atomic mass is 19.1. The zero-order valence-electron chi connectivity index (χ0n) is 11.2. The number of rotatable bonds is 3. The van der Waals surface area contributed by atoms with Gasteiger partial charge >= 0.3 is 0 Å². The summed E-state index contributed by atoms with van der Waals surface area (Å²) in [6.07, 6.45) is 0. The van der Waals surface area contributed by atoms with Crippen LogP contribution in [0.3, 0.4) is 0 Å². The van der Waals surface area contributed by atoms with Gasteiger partial charge in [0, 0.05) is 13.1 Å². The largest absolute Gasteiger partial charge is 0.395 e. The predicted molar refractivity (Wildman–Crippen MR) is 72.5 cm³/mol. The lowest BCUT2D eigenvalue weighted by Crippen LogP contribution is -2.46. The Balaban J connectivity index is 2.12. The quantitative estimate of drug-likeness (QED) is 0.785. The molecule has 1 fully saturated rings. The second-order valence-corrected chi connectivity index (χ2v) is 4.66. The second kappa shape index (κ2) is 7.36. The van der Waals surface area contributed by atoms with Crippen molar-refractivity contribution >= 4 is 0 Å². The molecule has 1 aromatic rings. The number of hydrogen-bond acceptors (Lipinski definition) is 4. The summed E-state index contributed by atoms with van der Waals surface area (Å²) >= 11 is 0. The number of ether oxygens (including phenoxy) is 1. The van der Waals surface area contributed by atoms with Gasteiger partial charge in [0.05, 0.1) is 31.4 Å². The molecule has 1 saturated heterocycles. The van der Waals surface area contributed by atoms with Crippen molar-refractivity contribution in [3.8, 4) is 11.8 Å². The third-order valence-corrected chi connectivity index (χ3v) is 3.28. The Labute approximate surface area is 117 Å². The van der Waals surface area contributed by atoms with E-state index in [1.165, 1.54) is 6.07 Å². The van der Waals surface area contributed by atoms with Crippen LogP contribution >= 0.6 is 0 Å². The molecule has 1 aliphatic rings. The Morgan fingerprint density at radius 2 is 2.25 bits per heavy atom. The SMILES string of the molecule is OCC#Cc1cc(CN2CCOCC2CO)ccc1F. The van der Waals surface area contributed by atoms with E-state index >= 15 is 0 Å². The van der Waals surface area contributed by atoms with Gasteiger partial charge in [-0.15, -0.1) is 0 Å². The maximum atomic E-state index is 13.6. The van der Waals surface area contributed by atoms with E-state index in [0.29, 0.717) is 19.8 Å². The van der Waals surface area contributed by atoms with Gasteiger partial charge in [-0.2, -0.15) is 0 Å². The fraction of sp³-hybridized carbons (Fsp3) is 0.467. The van der Waals surface area contributed by atoms with Crippen LogP contribution in [0.2, 0.25) is 0 Å². The molecule has 20 heavy (non-hydrogen) atoms. The highest BCUT2D eigenvalue weighted by Crippen LogP contribution is 2.15. The zero-order chi connectivity index (χ0) is 14.4. The van der Waals surface area contributed by atoms with Crippen molar-refractivity contribution in [1.29, 1.82) is 0 Å². The lowest BCUT2D eigenvalue weighted by Gasteiger charge is -2.34. The summed E-state index contributed by atoms with van der Waals surface area (Å²) in [6.45, 7) is 2.24. The number of morpholine rings is 1. The molecule has 5 heteroatoms. The van der Waals surface area contributed by atoms with Crippen molar-refractivity contribution in [3.63, 3.8) is 0 Å². The smallest absolute Gasteiger partial charge is 0.138 e. The average molecular weight is 279 g/mol. The van der Waals surface area contributed by atoms with Crippen LogP contribution in [0.15, 0.2) is 18.2 Å². The van der Waals surface area contributed by atoms with Gasteiger partial charge in [-0.1, -0.05) is 17.9 Å². The van der Waals surface area contributed by atoms with Crippen LogP contribution in [-0.2, 0) is 11.3 Å². The Kier molecular flexibility index (Phi) is 5.50. The molecule has 0 aliphatic carbocycles. The number of aliphatic hydroxyl groups is 2. The molecule has 2 N–H and O–H groups in total. The molecule has 0 spiro atoms. The molecule has 1 heterocycles. The first-order valence-corrected chi connectivity index (χ1v) is 6.55. The standard InChI is InChI=1S/C15H18FNO3/c16-15-4-3-12(8-13(15)2-1-6-18)9-17-5-7-20-11-14(17)10-19/h3-4,8,14,18-19H,5-7,9-11H2. The molecule has 2 rings (SSSR count). The Morgan fingerprint density at radius 1 is 1.40 bits per heavy atom. The molecule has 108 valence electrons. The van der Waals surface area contributed by atoms with Gasteiger partial charge in [-0.3, -0.25) is 4.90 Å². The van der Waals surface area contributed by atoms with Gasteiger partial charge in [0.15, 0.2) is 0 Å². The lowest BCUT2D eigenvalue weighted by atomic mass is 10.1. The zero-order valence-corrected chi connectivity index (χ0v) is 11.2. The lowest BCUT2D eigenvalue weighted by molar-refractivity contribution is -0.0312. The van der Waals surface area contributed by atoms with Crippen LogP contribution < -0.4 is 0 Å². The van der Waals surface area contributed by atoms with E-state index in [2.05, 4.69) is 16.7 Å². The number of nitrogens with zero attached hydrogens (tertiary/aromatic N) is 1. The number of hydrogen-bond donors (Lipinski definition) is 2. The molecule has 0 saturated carbocycles. The fourth-order valence-corrected chi connectivity index (χ4v) is 2.20. The highest BCUT2D eigenvalue weighted by Gasteiger charge is 2.22. The van der Waals surface area contributed by atoms with Crippen LogP contribution in [0.25, 0.3) is 0 Å². The number of aliphatic hydroxyl groups excluding tert-OH is 2. The van der Waals surface area contributed by atoms with E-state index in [0.717, 1.165) is 12.1 Å². The van der Waals surface area contributed by atoms with Crippen LogP contribution in [0.4, 0.5) is 4.39 Å². The molecule has 1 atom stereocenters. The summed E-state index contributed by atoms with van der Waals surface area (Å²) in [5, 5.41) is 18.0. The molecule has 1 unspecified atom stereocenters. The van der Waals surface area contributed by atoms with Crippen molar-refractivity contribution in [3.05, 3.63) is 35.1 Å². The molecule has 0 aromatic heterocycles. The van der Waals surface area contributed by atoms with Crippen LogP contribution in [0, 0.1) is 17.7 Å². The third kappa shape index (κ3) is 3.78. The van der Waals surface area contributed by atoms with Crippen molar-refractivity contribution in [1.82, 2.24) is 4.90 Å². The Hall–Kier alpha value is -1.45. The van der Waals surface area contributed by atoms with Crippen molar-refractivity contribution in [2.24, 2.45) is 0 Å². The summed E-state index contributed by atoms with van der Waals surface area (Å²) in [7, 11) is 0. The topological polar surface area (TPSA) is 52.9 Å². The molecular weight excluding hydrogens is 261 g/mol. The summed E-state index contributed by atoms with van der Waals surface area (Å²) in [5.74, 6) is 4.65. The van der Waals surface area contributed by atoms with Gasteiger partial charge in [-0.05, 0) is 17.7 Å². The van der Waals surface area contributed by atoms with Crippen LogP contribution in [0.5, 0.6) is 0 Å². The third-order valence-electron chi connectivity index (χ3n) is 3.28. The van der Waals surface area contributed by atoms with Gasteiger partial charge in [0.1, 0.15) is 12.4 Å². The van der Waals surface area contributed by atoms with E-state index in [1.54, 1.807) is 12.1 Å². The second-order valence-electron chi connectivity index (χ2n) is 4.66. The van der Waals surface area contributed by atoms with E-state index in [-0.39, 0.29) is 24.8 Å². The molecule has 1 aliphatic heterocycles. The highest BCUT2D eigenvalue weighted by molar-refractivity contribution is 5.38. The molecule has 0 amide bonds. The summed E-state index contributed by atoms with van der Waals surface area (Å²) in [4.78, 5) is 2.11. The Bertz CT molecular complexity index is 510. The minimum atomic E-state index is -0.393. The van der Waals surface area contributed by atoms with Gasteiger partial charge in [-0.25, -0.2) is 4.39 Å². The fourth-order valence-electron chi connectivity index (χ4n) is 2.20. The summed E-state index contributed by atoms with van der Waals surface area (Å²) in [5.41, 5.74) is 1.21. The van der Waals surface area contributed by atoms with E-state index in [9.17, 15) is 9.50 Å². The van der Waals surface area contributed by atoms with Crippen molar-refractivity contribution in [2.75, 3.05) is 33.0 Å². The predicted octanol–water partition coefficient (Wildman–Crippen LogP) is 0.363. The van der Waals surface area contributed by atoms with E-state index in [4.69, 9.17) is 9.84 Å². The van der Waals surface area contributed by atoms with Gasteiger partial charge in [0.2, 0.25) is 0 Å². The minimum Gasteiger partial charge on any atom is -0.395 e. The molecular formula is C15H18FNO3. The normalized spacial score (nSPS) is 19.4. The number of halogens is 1. The first-order chi connectivity index (χ1) is 9.74. The molecule has 0 bridgehead atoms. The van der Waals surface area contributed by atoms with Crippen LogP contribution in [0.1, 0.15) is 11.1 Å². The minimum absolute atomic E-state index is 0.0271. The number of benzene rings is 1. The van der Waals surface area contributed by atoms with E-state index < -0.39 is 5.82 Å². The maximum Gasteiger partial charge on any atom is 0.138 e.